The molecule has 0 aliphatic heterocycles. The summed E-state index contributed by atoms with van der Waals surface area (Å²) >= 11 is 6.19. The van der Waals surface area contributed by atoms with E-state index >= 15 is 0 Å². The Morgan fingerprint density at radius 2 is 1.47 bits per heavy atom. The standard InChI is InChI=1S/C14H13ClN4/c15-12-9-5-4-8-11(12)13(18-19-14(16)17)10-6-2-1-3-7-10/h1-9H,(H4,16,17,19)/b18-13+. The van der Waals surface area contributed by atoms with Crippen molar-refractivity contribution in [3.8, 4) is 0 Å². The van der Waals surface area contributed by atoms with Crippen LogP contribution in [-0.4, -0.2) is 11.7 Å². The van der Waals surface area contributed by atoms with Gasteiger partial charge in [0.15, 0.2) is 0 Å². The minimum atomic E-state index is -0.0968. The van der Waals surface area contributed by atoms with Crippen LogP contribution in [0.15, 0.2) is 64.8 Å². The molecule has 0 saturated heterocycles. The van der Waals surface area contributed by atoms with Crippen LogP contribution >= 0.6 is 11.6 Å². The van der Waals surface area contributed by atoms with Gasteiger partial charge in [0, 0.05) is 11.1 Å². The molecule has 0 amide bonds. The Hall–Kier alpha value is -2.33. The molecule has 96 valence electrons. The number of hydrogen-bond donors (Lipinski definition) is 2. The molecule has 0 unspecified atom stereocenters. The normalized spacial score (nSPS) is 11.1. The maximum Gasteiger partial charge on any atom is 0.211 e. The molecule has 2 aromatic carbocycles. The van der Waals surface area contributed by atoms with E-state index in [0.29, 0.717) is 10.7 Å². The Morgan fingerprint density at radius 3 is 2.11 bits per heavy atom. The molecule has 0 bridgehead atoms. The summed E-state index contributed by atoms with van der Waals surface area (Å²) in [5.74, 6) is -0.0968. The molecule has 19 heavy (non-hydrogen) atoms. The van der Waals surface area contributed by atoms with Crippen LogP contribution in [0, 0.1) is 0 Å². The second kappa shape index (κ2) is 6.02. The van der Waals surface area contributed by atoms with Crippen LogP contribution in [0.5, 0.6) is 0 Å². The molecule has 0 aliphatic rings. The molecule has 0 radical (unpaired) electrons. The summed E-state index contributed by atoms with van der Waals surface area (Å²) in [6.45, 7) is 0. The predicted molar refractivity (Wildman–Crippen MR) is 79.3 cm³/mol. The SMILES string of the molecule is NC(N)=N/N=C(\c1ccccc1)c1ccccc1Cl. The van der Waals surface area contributed by atoms with Gasteiger partial charge < -0.3 is 11.5 Å². The van der Waals surface area contributed by atoms with Gasteiger partial charge in [0.1, 0.15) is 5.71 Å². The van der Waals surface area contributed by atoms with Crippen molar-refractivity contribution in [3.63, 3.8) is 0 Å². The summed E-state index contributed by atoms with van der Waals surface area (Å²) in [5.41, 5.74) is 12.9. The minimum absolute atomic E-state index is 0.0968. The third-order valence-corrected chi connectivity index (χ3v) is 2.77. The van der Waals surface area contributed by atoms with Gasteiger partial charge in [0.25, 0.3) is 0 Å². The summed E-state index contributed by atoms with van der Waals surface area (Å²) in [7, 11) is 0. The first kappa shape index (κ1) is 13.1. The van der Waals surface area contributed by atoms with Crippen LogP contribution in [0.25, 0.3) is 0 Å². The van der Waals surface area contributed by atoms with E-state index in [-0.39, 0.29) is 5.96 Å². The summed E-state index contributed by atoms with van der Waals surface area (Å²) in [5, 5.41) is 8.41. The lowest BCUT2D eigenvalue weighted by Crippen LogP contribution is -2.22. The predicted octanol–water partition coefficient (Wildman–Crippen LogP) is 2.37. The maximum atomic E-state index is 6.19. The van der Waals surface area contributed by atoms with Gasteiger partial charge in [-0.25, -0.2) is 0 Å². The second-order valence-corrected chi connectivity index (χ2v) is 4.23. The van der Waals surface area contributed by atoms with Crippen molar-refractivity contribution in [1.29, 1.82) is 0 Å². The molecule has 0 fully saturated rings. The van der Waals surface area contributed by atoms with Crippen LogP contribution in [0.3, 0.4) is 0 Å². The lowest BCUT2D eigenvalue weighted by atomic mass is 10.0. The maximum absolute atomic E-state index is 6.19. The molecule has 0 aliphatic carbocycles. The van der Waals surface area contributed by atoms with E-state index in [1.165, 1.54) is 0 Å². The van der Waals surface area contributed by atoms with Crippen LogP contribution in [-0.2, 0) is 0 Å². The van der Waals surface area contributed by atoms with Crippen LogP contribution in [0.1, 0.15) is 11.1 Å². The third kappa shape index (κ3) is 3.33. The van der Waals surface area contributed by atoms with Gasteiger partial charge in [-0.3, -0.25) is 0 Å². The van der Waals surface area contributed by atoms with Gasteiger partial charge in [0.2, 0.25) is 5.96 Å². The Kier molecular flexibility index (Phi) is 4.15. The zero-order valence-corrected chi connectivity index (χ0v) is 10.9. The summed E-state index contributed by atoms with van der Waals surface area (Å²) in [4.78, 5) is 0. The summed E-state index contributed by atoms with van der Waals surface area (Å²) < 4.78 is 0. The molecule has 2 rings (SSSR count). The number of nitrogens with two attached hydrogens (primary N) is 2. The summed E-state index contributed by atoms with van der Waals surface area (Å²) in [6.07, 6.45) is 0. The van der Waals surface area contributed by atoms with E-state index in [9.17, 15) is 0 Å². The van der Waals surface area contributed by atoms with Crippen molar-refractivity contribution in [2.75, 3.05) is 0 Å². The fourth-order valence-corrected chi connectivity index (χ4v) is 1.85. The Morgan fingerprint density at radius 1 is 0.842 bits per heavy atom. The number of rotatable bonds is 3. The lowest BCUT2D eigenvalue weighted by molar-refractivity contribution is 1.20. The molecular formula is C14H13ClN4. The number of nitrogens with zero attached hydrogens (tertiary/aromatic N) is 2. The fourth-order valence-electron chi connectivity index (χ4n) is 1.62. The van der Waals surface area contributed by atoms with Crippen LogP contribution < -0.4 is 11.5 Å². The minimum Gasteiger partial charge on any atom is -0.369 e. The van der Waals surface area contributed by atoms with E-state index in [4.69, 9.17) is 23.1 Å². The average Bonchev–Trinajstić information content (AvgIpc) is 2.42. The van der Waals surface area contributed by atoms with Crippen molar-refractivity contribution in [3.05, 3.63) is 70.7 Å². The summed E-state index contributed by atoms with van der Waals surface area (Å²) in [6, 6.07) is 17.0. The first-order valence-electron chi connectivity index (χ1n) is 5.65. The van der Waals surface area contributed by atoms with Crippen molar-refractivity contribution >= 4 is 23.3 Å². The zero-order valence-electron chi connectivity index (χ0n) is 10.1. The molecule has 2 aromatic rings. The van der Waals surface area contributed by atoms with Crippen molar-refractivity contribution < 1.29 is 0 Å². The van der Waals surface area contributed by atoms with E-state index < -0.39 is 0 Å². The fraction of sp³-hybridized carbons (Fsp3) is 0. The van der Waals surface area contributed by atoms with E-state index in [2.05, 4.69) is 10.2 Å². The molecule has 4 N–H and O–H groups in total. The Bertz CT molecular complexity index is 616. The van der Waals surface area contributed by atoms with Crippen molar-refractivity contribution in [2.24, 2.45) is 21.7 Å². The van der Waals surface area contributed by atoms with Crippen molar-refractivity contribution in [1.82, 2.24) is 0 Å². The van der Waals surface area contributed by atoms with Gasteiger partial charge >= 0.3 is 0 Å². The smallest absolute Gasteiger partial charge is 0.211 e. The van der Waals surface area contributed by atoms with Gasteiger partial charge in [-0.1, -0.05) is 60.1 Å². The quantitative estimate of drug-likeness (QED) is 0.511. The highest BCUT2D eigenvalue weighted by Gasteiger charge is 2.10. The molecule has 0 spiro atoms. The van der Waals surface area contributed by atoms with E-state index in [1.54, 1.807) is 6.07 Å². The van der Waals surface area contributed by atoms with Crippen LogP contribution in [0.2, 0.25) is 5.02 Å². The number of benzene rings is 2. The average molecular weight is 273 g/mol. The molecule has 4 nitrogen and oxygen atoms in total. The van der Waals surface area contributed by atoms with E-state index in [0.717, 1.165) is 11.1 Å². The topological polar surface area (TPSA) is 76.8 Å². The first-order chi connectivity index (χ1) is 9.18. The number of hydrogen-bond acceptors (Lipinski definition) is 2. The number of guanidine groups is 1. The monoisotopic (exact) mass is 272 g/mol. The number of halogens is 1. The van der Waals surface area contributed by atoms with Crippen molar-refractivity contribution in [2.45, 2.75) is 0 Å². The van der Waals surface area contributed by atoms with E-state index in [1.807, 2.05) is 48.5 Å². The van der Waals surface area contributed by atoms with Gasteiger partial charge in [0.05, 0.1) is 5.02 Å². The highest BCUT2D eigenvalue weighted by atomic mass is 35.5. The molecule has 0 heterocycles. The third-order valence-electron chi connectivity index (χ3n) is 2.44. The highest BCUT2D eigenvalue weighted by Crippen LogP contribution is 2.20. The largest absolute Gasteiger partial charge is 0.369 e. The Labute approximate surface area is 116 Å². The Balaban J connectivity index is 2.57. The first-order valence-corrected chi connectivity index (χ1v) is 6.03. The van der Waals surface area contributed by atoms with Gasteiger partial charge in [-0.15, -0.1) is 10.2 Å². The molecule has 0 saturated carbocycles. The molecule has 0 aromatic heterocycles. The molecule has 0 atom stereocenters. The zero-order chi connectivity index (χ0) is 13.7. The molecule has 5 heteroatoms. The lowest BCUT2D eigenvalue weighted by Gasteiger charge is -2.07. The highest BCUT2D eigenvalue weighted by molar-refractivity contribution is 6.35. The van der Waals surface area contributed by atoms with Gasteiger partial charge in [-0.2, -0.15) is 0 Å². The van der Waals surface area contributed by atoms with Crippen LogP contribution in [0.4, 0.5) is 0 Å². The van der Waals surface area contributed by atoms with Gasteiger partial charge in [-0.05, 0) is 6.07 Å². The second-order valence-electron chi connectivity index (χ2n) is 3.82. The molecular weight excluding hydrogens is 260 g/mol.